The lowest BCUT2D eigenvalue weighted by atomic mass is 10.0. The van der Waals surface area contributed by atoms with Gasteiger partial charge in [0.1, 0.15) is 5.65 Å². The van der Waals surface area contributed by atoms with E-state index in [1.807, 2.05) is 31.2 Å². The van der Waals surface area contributed by atoms with Crippen molar-refractivity contribution in [2.24, 2.45) is 0 Å². The highest BCUT2D eigenvalue weighted by molar-refractivity contribution is 5.87. The number of aromatic amines is 1. The van der Waals surface area contributed by atoms with E-state index in [9.17, 15) is 4.79 Å². The molecule has 0 aliphatic heterocycles. The summed E-state index contributed by atoms with van der Waals surface area (Å²) in [4.78, 5) is 19.7. The van der Waals surface area contributed by atoms with Gasteiger partial charge in [-0.1, -0.05) is 25.5 Å². The number of fused-ring (bicyclic) bond motifs is 3. The third-order valence-electron chi connectivity index (χ3n) is 4.01. The minimum atomic E-state index is 0.000741. The van der Waals surface area contributed by atoms with Crippen molar-refractivity contribution in [3.05, 3.63) is 57.2 Å². The zero-order valence-electron chi connectivity index (χ0n) is 12.2. The van der Waals surface area contributed by atoms with E-state index in [-0.39, 0.29) is 5.56 Å². The maximum absolute atomic E-state index is 12.8. The zero-order valence-corrected chi connectivity index (χ0v) is 12.2. The molecule has 0 bridgehead atoms. The largest absolute Gasteiger partial charge is 0.349 e. The molecule has 0 saturated heterocycles. The molecule has 0 aliphatic rings. The Morgan fingerprint density at radius 1 is 1.33 bits per heavy atom. The summed E-state index contributed by atoms with van der Waals surface area (Å²) in [7, 11) is 0. The first-order valence-electron chi connectivity index (χ1n) is 7.21. The Bertz CT molecular complexity index is 925. The van der Waals surface area contributed by atoms with Crippen molar-refractivity contribution < 1.29 is 0 Å². The topological polar surface area (TPSA) is 41.6 Å². The first kappa shape index (κ1) is 13.4. The summed E-state index contributed by atoms with van der Waals surface area (Å²) in [6.45, 7) is 11.5. The van der Waals surface area contributed by atoms with Crippen molar-refractivity contribution in [1.29, 1.82) is 0 Å². The van der Waals surface area contributed by atoms with Crippen LogP contribution in [-0.4, -0.2) is 9.38 Å². The Morgan fingerprint density at radius 2 is 2.10 bits per heavy atom. The minimum Gasteiger partial charge on any atom is -0.349 e. The zero-order chi connectivity index (χ0) is 15.0. The number of nitrogens with zero attached hydrogens (tertiary/aromatic N) is 2. The highest BCUT2D eigenvalue weighted by Crippen LogP contribution is 2.28. The fraction of sp³-hybridized carbons (Fsp3) is 0.294. The van der Waals surface area contributed by atoms with Crippen molar-refractivity contribution in [2.45, 2.75) is 33.1 Å². The molecular formula is C17H17N3O. The van der Waals surface area contributed by atoms with Crippen molar-refractivity contribution in [3.63, 3.8) is 0 Å². The normalized spacial score (nSPS) is 11.1. The van der Waals surface area contributed by atoms with Crippen molar-refractivity contribution >= 4 is 22.4 Å². The summed E-state index contributed by atoms with van der Waals surface area (Å²) >= 11 is 0. The Morgan fingerprint density at radius 3 is 2.81 bits per heavy atom. The molecule has 0 amide bonds. The molecule has 0 spiro atoms. The Balaban J connectivity index is 2.48. The number of aromatic nitrogens is 2. The highest BCUT2D eigenvalue weighted by atomic mass is 16.1. The second kappa shape index (κ2) is 5.10. The van der Waals surface area contributed by atoms with E-state index < -0.39 is 0 Å². The lowest BCUT2D eigenvalue weighted by Gasteiger charge is -2.08. The van der Waals surface area contributed by atoms with Gasteiger partial charge in [-0.25, -0.2) is 4.85 Å². The lowest BCUT2D eigenvalue weighted by Crippen LogP contribution is -2.19. The number of unbranched alkanes of at least 4 members (excludes halogenated alkanes) is 1. The summed E-state index contributed by atoms with van der Waals surface area (Å²) in [5, 5.41) is 0. The molecule has 3 rings (SSSR count). The van der Waals surface area contributed by atoms with Gasteiger partial charge in [-0.15, -0.1) is 0 Å². The first-order valence-corrected chi connectivity index (χ1v) is 7.21. The molecule has 2 heterocycles. The van der Waals surface area contributed by atoms with E-state index in [0.29, 0.717) is 11.3 Å². The van der Waals surface area contributed by atoms with Crippen LogP contribution in [0.2, 0.25) is 0 Å². The average Bonchev–Trinajstić information content (AvgIpc) is 2.87. The number of pyridine rings is 1. The summed E-state index contributed by atoms with van der Waals surface area (Å²) in [5.41, 5.74) is 4.46. The van der Waals surface area contributed by atoms with Crippen LogP contribution in [0.15, 0.2) is 29.1 Å². The fourth-order valence-electron chi connectivity index (χ4n) is 2.85. The number of hydrogen-bond donors (Lipinski definition) is 1. The standard InChI is InChI=1S/C17H17N3O/c1-4-5-8-12-11(2)15(18-3)16-19-13-9-6-7-10-14(13)20(16)17(12)21/h6-7,9-10,19H,4-5,8H2,1-2H3. The Labute approximate surface area is 122 Å². The van der Waals surface area contributed by atoms with Crippen LogP contribution in [-0.2, 0) is 6.42 Å². The summed E-state index contributed by atoms with van der Waals surface area (Å²) in [6.07, 6.45) is 2.72. The van der Waals surface area contributed by atoms with E-state index in [1.54, 1.807) is 4.40 Å². The second-order valence-corrected chi connectivity index (χ2v) is 5.30. The number of para-hydroxylation sites is 2. The van der Waals surface area contributed by atoms with Gasteiger partial charge >= 0.3 is 0 Å². The van der Waals surface area contributed by atoms with Crippen molar-refractivity contribution in [3.8, 4) is 0 Å². The second-order valence-electron chi connectivity index (χ2n) is 5.30. The number of imidazole rings is 1. The third-order valence-corrected chi connectivity index (χ3v) is 4.01. The molecule has 0 saturated carbocycles. The van der Waals surface area contributed by atoms with Crippen LogP contribution in [0, 0.1) is 13.5 Å². The van der Waals surface area contributed by atoms with Crippen LogP contribution >= 0.6 is 0 Å². The van der Waals surface area contributed by atoms with Gasteiger partial charge in [0.25, 0.3) is 5.56 Å². The number of rotatable bonds is 3. The van der Waals surface area contributed by atoms with Gasteiger partial charge in [0.05, 0.1) is 17.6 Å². The predicted octanol–water partition coefficient (Wildman–Crippen LogP) is 3.98. The highest BCUT2D eigenvalue weighted by Gasteiger charge is 2.17. The molecular weight excluding hydrogens is 262 g/mol. The van der Waals surface area contributed by atoms with Gasteiger partial charge in [-0.2, -0.15) is 0 Å². The van der Waals surface area contributed by atoms with E-state index in [2.05, 4.69) is 16.8 Å². The molecule has 0 radical (unpaired) electrons. The molecule has 4 nitrogen and oxygen atoms in total. The van der Waals surface area contributed by atoms with Gasteiger partial charge in [-0.05, 0) is 37.5 Å². The van der Waals surface area contributed by atoms with Gasteiger partial charge in [0, 0.05) is 5.56 Å². The molecule has 1 N–H and O–H groups in total. The Hall–Kier alpha value is -2.54. The van der Waals surface area contributed by atoms with Crippen LogP contribution in [0.25, 0.3) is 21.5 Å². The molecule has 3 aromatic rings. The molecule has 106 valence electrons. The van der Waals surface area contributed by atoms with Gasteiger partial charge in [-0.3, -0.25) is 9.20 Å². The number of nitrogens with one attached hydrogen (secondary N) is 1. The maximum atomic E-state index is 12.8. The molecule has 0 fully saturated rings. The first-order chi connectivity index (χ1) is 10.2. The van der Waals surface area contributed by atoms with E-state index in [0.717, 1.165) is 41.4 Å². The van der Waals surface area contributed by atoms with Crippen molar-refractivity contribution in [2.75, 3.05) is 0 Å². The van der Waals surface area contributed by atoms with E-state index in [4.69, 9.17) is 6.57 Å². The van der Waals surface area contributed by atoms with E-state index in [1.165, 1.54) is 0 Å². The molecule has 2 aromatic heterocycles. The molecule has 21 heavy (non-hydrogen) atoms. The number of H-pyrrole nitrogens is 1. The third kappa shape index (κ3) is 1.93. The predicted molar refractivity (Wildman–Crippen MR) is 85.1 cm³/mol. The molecule has 1 aromatic carbocycles. The van der Waals surface area contributed by atoms with Crippen LogP contribution in [0.5, 0.6) is 0 Å². The van der Waals surface area contributed by atoms with Crippen LogP contribution in [0.1, 0.15) is 30.9 Å². The molecule has 0 unspecified atom stereocenters. The lowest BCUT2D eigenvalue weighted by molar-refractivity contribution is 0.781. The van der Waals surface area contributed by atoms with Crippen LogP contribution < -0.4 is 5.56 Å². The van der Waals surface area contributed by atoms with Gasteiger partial charge in [0.2, 0.25) is 5.69 Å². The van der Waals surface area contributed by atoms with E-state index >= 15 is 0 Å². The van der Waals surface area contributed by atoms with Crippen molar-refractivity contribution in [1.82, 2.24) is 9.38 Å². The quantitative estimate of drug-likeness (QED) is 0.724. The monoisotopic (exact) mass is 279 g/mol. The summed E-state index contributed by atoms with van der Waals surface area (Å²) in [6, 6.07) is 7.67. The minimum absolute atomic E-state index is 0.000741. The van der Waals surface area contributed by atoms with Crippen LogP contribution in [0.4, 0.5) is 5.69 Å². The summed E-state index contributed by atoms with van der Waals surface area (Å²) in [5.74, 6) is 0. The fourth-order valence-corrected chi connectivity index (χ4v) is 2.85. The number of hydrogen-bond acceptors (Lipinski definition) is 1. The smallest absolute Gasteiger partial charge is 0.257 e. The van der Waals surface area contributed by atoms with Gasteiger partial charge in [0.15, 0.2) is 0 Å². The summed E-state index contributed by atoms with van der Waals surface area (Å²) < 4.78 is 1.65. The number of benzene rings is 1. The SMILES string of the molecule is [C-]#[N+]c1c(C)c(CCCC)c(=O)n2c1[nH]c1ccccc12. The van der Waals surface area contributed by atoms with Crippen LogP contribution in [0.3, 0.4) is 0 Å². The van der Waals surface area contributed by atoms with Gasteiger partial charge < -0.3 is 4.98 Å². The molecule has 0 atom stereocenters. The molecule has 0 aliphatic carbocycles. The Kier molecular flexibility index (Phi) is 3.26. The molecule has 4 heteroatoms. The average molecular weight is 279 g/mol. The maximum Gasteiger partial charge on any atom is 0.257 e.